The minimum Gasteiger partial charge on any atom is -0.493 e. The second-order valence-corrected chi connectivity index (χ2v) is 7.83. The van der Waals surface area contributed by atoms with Gasteiger partial charge in [-0.3, -0.25) is 19.3 Å². The molecule has 2 aliphatic heterocycles. The summed E-state index contributed by atoms with van der Waals surface area (Å²) < 4.78 is 6.60. The van der Waals surface area contributed by atoms with Crippen molar-refractivity contribution < 1.29 is 19.1 Å². The van der Waals surface area contributed by atoms with Crippen LogP contribution in [0.1, 0.15) is 46.8 Å². The van der Waals surface area contributed by atoms with E-state index < -0.39 is 0 Å². The van der Waals surface area contributed by atoms with Crippen molar-refractivity contribution in [2.24, 2.45) is 0 Å². The Balaban J connectivity index is 1.44. The fraction of sp³-hybridized carbons (Fsp3) is 0.286. The lowest BCUT2D eigenvalue weighted by atomic mass is 10.00. The Labute approximate surface area is 171 Å². The molecule has 28 heavy (non-hydrogen) atoms. The molecule has 1 N–H and O–H groups in total. The standard InChI is InChI=1S/C21H19BrN2O4/c22-15-5-6-18-16(11-15)17(9-10-28-18)23-21(27)14-3-1-13(2-4-14)12-24-19(25)7-8-20(24)26/h1-6,11,17H,7-10,12H2,(H,23,27). The Morgan fingerprint density at radius 2 is 1.82 bits per heavy atom. The minimum absolute atomic E-state index is 0.117. The van der Waals surface area contributed by atoms with Crippen LogP contribution in [0, 0.1) is 0 Å². The fourth-order valence-corrected chi connectivity index (χ4v) is 3.88. The number of imide groups is 1. The Hall–Kier alpha value is -2.67. The maximum Gasteiger partial charge on any atom is 0.251 e. The maximum absolute atomic E-state index is 12.7. The molecular weight excluding hydrogens is 424 g/mol. The third kappa shape index (κ3) is 3.80. The number of amides is 3. The van der Waals surface area contributed by atoms with Gasteiger partial charge in [0.15, 0.2) is 0 Å². The average molecular weight is 443 g/mol. The topological polar surface area (TPSA) is 75.7 Å². The van der Waals surface area contributed by atoms with E-state index in [9.17, 15) is 14.4 Å². The SMILES string of the molecule is O=C(NC1CCOc2ccc(Br)cc21)c1ccc(CN2C(=O)CCC2=O)cc1. The third-order valence-electron chi connectivity index (χ3n) is 5.03. The number of halogens is 1. The van der Waals surface area contributed by atoms with Crippen LogP contribution in [0.3, 0.4) is 0 Å². The molecule has 0 radical (unpaired) electrons. The van der Waals surface area contributed by atoms with Gasteiger partial charge < -0.3 is 10.1 Å². The van der Waals surface area contributed by atoms with E-state index >= 15 is 0 Å². The van der Waals surface area contributed by atoms with Gasteiger partial charge in [-0.15, -0.1) is 0 Å². The number of fused-ring (bicyclic) bond motifs is 1. The lowest BCUT2D eigenvalue weighted by Gasteiger charge is -2.27. The van der Waals surface area contributed by atoms with E-state index in [2.05, 4.69) is 21.2 Å². The summed E-state index contributed by atoms with van der Waals surface area (Å²) in [6.45, 7) is 0.803. The molecule has 4 rings (SSSR count). The van der Waals surface area contributed by atoms with Crippen molar-refractivity contribution >= 4 is 33.7 Å². The zero-order chi connectivity index (χ0) is 19.7. The van der Waals surface area contributed by atoms with Gasteiger partial charge >= 0.3 is 0 Å². The van der Waals surface area contributed by atoms with Gasteiger partial charge in [-0.25, -0.2) is 0 Å². The van der Waals surface area contributed by atoms with Crippen molar-refractivity contribution in [2.75, 3.05) is 6.61 Å². The number of ether oxygens (including phenoxy) is 1. The summed E-state index contributed by atoms with van der Waals surface area (Å²) in [5.74, 6) is 0.333. The van der Waals surface area contributed by atoms with Gasteiger partial charge in [0.1, 0.15) is 5.75 Å². The van der Waals surface area contributed by atoms with Crippen molar-refractivity contribution in [1.29, 1.82) is 0 Å². The summed E-state index contributed by atoms with van der Waals surface area (Å²) in [7, 11) is 0. The zero-order valence-electron chi connectivity index (χ0n) is 15.1. The third-order valence-corrected chi connectivity index (χ3v) is 5.52. The Morgan fingerprint density at radius 3 is 2.54 bits per heavy atom. The monoisotopic (exact) mass is 442 g/mol. The normalized spacial score (nSPS) is 18.6. The highest BCUT2D eigenvalue weighted by atomic mass is 79.9. The number of rotatable bonds is 4. The summed E-state index contributed by atoms with van der Waals surface area (Å²) in [6, 6.07) is 12.7. The van der Waals surface area contributed by atoms with Crippen molar-refractivity contribution in [3.05, 3.63) is 63.6 Å². The highest BCUT2D eigenvalue weighted by Crippen LogP contribution is 2.34. The molecule has 3 amide bonds. The van der Waals surface area contributed by atoms with Gasteiger partial charge in [-0.1, -0.05) is 28.1 Å². The second-order valence-electron chi connectivity index (χ2n) is 6.92. The summed E-state index contributed by atoms with van der Waals surface area (Å²) in [5.41, 5.74) is 2.31. The number of carbonyl (C=O) groups is 3. The summed E-state index contributed by atoms with van der Waals surface area (Å²) >= 11 is 3.46. The fourth-order valence-electron chi connectivity index (χ4n) is 3.50. The molecule has 0 saturated carbocycles. The molecule has 1 saturated heterocycles. The Bertz CT molecular complexity index is 926. The molecule has 6 nitrogen and oxygen atoms in total. The molecule has 2 aliphatic rings. The minimum atomic E-state index is -0.169. The predicted octanol–water partition coefficient (Wildman–Crippen LogP) is 3.35. The molecule has 7 heteroatoms. The van der Waals surface area contributed by atoms with Crippen LogP contribution in [0.15, 0.2) is 46.9 Å². The van der Waals surface area contributed by atoms with Gasteiger partial charge in [0.25, 0.3) is 5.91 Å². The average Bonchev–Trinajstić information content (AvgIpc) is 3.01. The number of nitrogens with one attached hydrogen (secondary N) is 1. The number of carbonyl (C=O) groups excluding carboxylic acids is 3. The predicted molar refractivity (Wildman–Crippen MR) is 106 cm³/mol. The summed E-state index contributed by atoms with van der Waals surface area (Å²) in [5, 5.41) is 3.07. The van der Waals surface area contributed by atoms with Crippen LogP contribution in [-0.4, -0.2) is 29.2 Å². The van der Waals surface area contributed by atoms with Gasteiger partial charge in [-0.2, -0.15) is 0 Å². The molecule has 2 heterocycles. The van der Waals surface area contributed by atoms with E-state index in [4.69, 9.17) is 4.74 Å². The first kappa shape index (κ1) is 18.7. The van der Waals surface area contributed by atoms with E-state index in [0.29, 0.717) is 18.6 Å². The van der Waals surface area contributed by atoms with Crippen LogP contribution in [0.2, 0.25) is 0 Å². The molecule has 0 bridgehead atoms. The molecular formula is C21H19BrN2O4. The molecule has 0 spiro atoms. The van der Waals surface area contributed by atoms with Crippen LogP contribution < -0.4 is 10.1 Å². The molecule has 1 fully saturated rings. The zero-order valence-corrected chi connectivity index (χ0v) is 16.7. The number of hydrogen-bond acceptors (Lipinski definition) is 4. The molecule has 0 aromatic heterocycles. The van der Waals surface area contributed by atoms with E-state index in [-0.39, 0.29) is 43.1 Å². The van der Waals surface area contributed by atoms with Crippen molar-refractivity contribution in [3.63, 3.8) is 0 Å². The first-order valence-corrected chi connectivity index (χ1v) is 9.96. The van der Waals surface area contributed by atoms with Crippen molar-refractivity contribution in [3.8, 4) is 5.75 Å². The first-order chi connectivity index (χ1) is 13.5. The van der Waals surface area contributed by atoms with Crippen LogP contribution in [0.4, 0.5) is 0 Å². The van der Waals surface area contributed by atoms with E-state index in [1.807, 2.05) is 18.2 Å². The number of hydrogen-bond donors (Lipinski definition) is 1. The van der Waals surface area contributed by atoms with E-state index in [1.165, 1.54) is 4.90 Å². The van der Waals surface area contributed by atoms with Crippen LogP contribution in [0.25, 0.3) is 0 Å². The maximum atomic E-state index is 12.7. The van der Waals surface area contributed by atoms with Crippen LogP contribution >= 0.6 is 15.9 Å². The number of benzene rings is 2. The molecule has 144 valence electrons. The van der Waals surface area contributed by atoms with Gasteiger partial charge in [0.05, 0.1) is 19.2 Å². The molecule has 2 aromatic rings. The molecule has 1 atom stereocenters. The Kier molecular flexibility index (Phi) is 5.17. The highest BCUT2D eigenvalue weighted by Gasteiger charge is 2.29. The smallest absolute Gasteiger partial charge is 0.251 e. The quantitative estimate of drug-likeness (QED) is 0.736. The van der Waals surface area contributed by atoms with Gasteiger partial charge in [-0.05, 0) is 35.9 Å². The van der Waals surface area contributed by atoms with Crippen LogP contribution in [0.5, 0.6) is 5.75 Å². The Morgan fingerprint density at radius 1 is 1.11 bits per heavy atom. The van der Waals surface area contributed by atoms with E-state index in [0.717, 1.165) is 21.3 Å². The number of nitrogens with zero attached hydrogens (tertiary/aromatic N) is 1. The number of likely N-dealkylation sites (tertiary alicyclic amines) is 1. The largest absolute Gasteiger partial charge is 0.493 e. The van der Waals surface area contributed by atoms with Crippen molar-refractivity contribution in [2.45, 2.75) is 31.8 Å². The van der Waals surface area contributed by atoms with E-state index in [1.54, 1.807) is 24.3 Å². The van der Waals surface area contributed by atoms with Crippen LogP contribution in [-0.2, 0) is 16.1 Å². The van der Waals surface area contributed by atoms with Gasteiger partial charge in [0, 0.05) is 34.9 Å². The lowest BCUT2D eigenvalue weighted by molar-refractivity contribution is -0.139. The summed E-state index contributed by atoms with van der Waals surface area (Å²) in [6.07, 6.45) is 1.26. The highest BCUT2D eigenvalue weighted by molar-refractivity contribution is 9.10. The van der Waals surface area contributed by atoms with Gasteiger partial charge in [0.2, 0.25) is 11.8 Å². The lowest BCUT2D eigenvalue weighted by Crippen LogP contribution is -2.32. The molecule has 0 aliphatic carbocycles. The first-order valence-electron chi connectivity index (χ1n) is 9.16. The second kappa shape index (κ2) is 7.75. The molecule has 1 unspecified atom stereocenters. The summed E-state index contributed by atoms with van der Waals surface area (Å²) in [4.78, 5) is 37.4. The van der Waals surface area contributed by atoms with Crippen molar-refractivity contribution in [1.82, 2.24) is 10.2 Å². The molecule has 2 aromatic carbocycles.